The van der Waals surface area contributed by atoms with E-state index >= 15 is 0 Å². The van der Waals surface area contributed by atoms with Crippen LogP contribution in [-0.4, -0.2) is 6.04 Å². The van der Waals surface area contributed by atoms with Crippen LogP contribution in [0.3, 0.4) is 0 Å². The SMILES string of the molecule is CC(N)C(C)Cc1ccc(F)c(Br)c1. The molecule has 0 bridgehead atoms. The molecule has 1 nitrogen and oxygen atoms in total. The molecule has 78 valence electrons. The summed E-state index contributed by atoms with van der Waals surface area (Å²) in [5.74, 6) is 0.189. The first-order valence-corrected chi connectivity index (χ1v) is 5.49. The van der Waals surface area contributed by atoms with Gasteiger partial charge < -0.3 is 5.73 Å². The second-order valence-corrected chi connectivity index (χ2v) is 4.64. The summed E-state index contributed by atoms with van der Waals surface area (Å²) in [4.78, 5) is 0. The van der Waals surface area contributed by atoms with Gasteiger partial charge in [0.1, 0.15) is 5.82 Å². The van der Waals surface area contributed by atoms with E-state index in [9.17, 15) is 4.39 Å². The zero-order valence-corrected chi connectivity index (χ0v) is 10.0. The zero-order chi connectivity index (χ0) is 10.7. The third-order valence-corrected chi connectivity index (χ3v) is 3.05. The average molecular weight is 260 g/mol. The molecule has 0 aliphatic heterocycles. The molecule has 0 aliphatic rings. The topological polar surface area (TPSA) is 26.0 Å². The van der Waals surface area contributed by atoms with Gasteiger partial charge in [0.15, 0.2) is 0 Å². The minimum atomic E-state index is -0.220. The van der Waals surface area contributed by atoms with Crippen molar-refractivity contribution in [2.45, 2.75) is 26.3 Å². The fraction of sp³-hybridized carbons (Fsp3) is 0.455. The lowest BCUT2D eigenvalue weighted by Crippen LogP contribution is -2.25. The minimum Gasteiger partial charge on any atom is -0.328 e. The first kappa shape index (κ1) is 11.7. The van der Waals surface area contributed by atoms with E-state index in [4.69, 9.17) is 5.73 Å². The molecule has 0 aromatic heterocycles. The Morgan fingerprint density at radius 3 is 2.57 bits per heavy atom. The quantitative estimate of drug-likeness (QED) is 0.887. The van der Waals surface area contributed by atoms with E-state index in [2.05, 4.69) is 22.9 Å². The maximum absolute atomic E-state index is 12.9. The summed E-state index contributed by atoms with van der Waals surface area (Å²) in [5, 5.41) is 0. The van der Waals surface area contributed by atoms with Crippen LogP contribution in [-0.2, 0) is 6.42 Å². The van der Waals surface area contributed by atoms with Crippen molar-refractivity contribution in [3.8, 4) is 0 Å². The third kappa shape index (κ3) is 3.07. The molecule has 2 N–H and O–H groups in total. The van der Waals surface area contributed by atoms with Crippen LogP contribution in [0.15, 0.2) is 22.7 Å². The van der Waals surface area contributed by atoms with Crippen molar-refractivity contribution in [3.05, 3.63) is 34.1 Å². The highest BCUT2D eigenvalue weighted by Gasteiger charge is 2.09. The standard InChI is InChI=1S/C11H15BrFN/c1-7(8(2)14)5-9-3-4-11(13)10(12)6-9/h3-4,6-8H,5,14H2,1-2H3. The maximum atomic E-state index is 12.9. The van der Waals surface area contributed by atoms with Gasteiger partial charge in [-0.05, 0) is 52.9 Å². The highest BCUT2D eigenvalue weighted by molar-refractivity contribution is 9.10. The molecule has 0 radical (unpaired) electrons. The number of halogens is 2. The molecule has 14 heavy (non-hydrogen) atoms. The number of benzene rings is 1. The second-order valence-electron chi connectivity index (χ2n) is 3.79. The van der Waals surface area contributed by atoms with Gasteiger partial charge in [0, 0.05) is 6.04 Å². The Hall–Kier alpha value is -0.410. The smallest absolute Gasteiger partial charge is 0.137 e. The van der Waals surface area contributed by atoms with Crippen LogP contribution in [0.5, 0.6) is 0 Å². The van der Waals surface area contributed by atoms with Crippen LogP contribution in [0.25, 0.3) is 0 Å². The zero-order valence-electron chi connectivity index (χ0n) is 8.43. The van der Waals surface area contributed by atoms with Crippen LogP contribution in [0.2, 0.25) is 0 Å². The van der Waals surface area contributed by atoms with Crippen molar-refractivity contribution in [2.75, 3.05) is 0 Å². The number of rotatable bonds is 3. The number of hydrogen-bond donors (Lipinski definition) is 1. The number of nitrogens with two attached hydrogens (primary N) is 1. The van der Waals surface area contributed by atoms with Gasteiger partial charge in [-0.2, -0.15) is 0 Å². The molecule has 0 heterocycles. The summed E-state index contributed by atoms with van der Waals surface area (Å²) in [5.41, 5.74) is 6.88. The molecule has 0 amide bonds. The van der Waals surface area contributed by atoms with Gasteiger partial charge in [-0.1, -0.05) is 13.0 Å². The number of hydrogen-bond acceptors (Lipinski definition) is 1. The molecule has 2 unspecified atom stereocenters. The molecule has 0 aliphatic carbocycles. The predicted octanol–water partition coefficient (Wildman–Crippen LogP) is 3.11. The van der Waals surface area contributed by atoms with Gasteiger partial charge in [0.25, 0.3) is 0 Å². The molecule has 1 aromatic rings. The van der Waals surface area contributed by atoms with E-state index in [0.717, 1.165) is 12.0 Å². The molecular weight excluding hydrogens is 245 g/mol. The first-order chi connectivity index (χ1) is 6.50. The normalized spacial score (nSPS) is 15.2. The van der Waals surface area contributed by atoms with Gasteiger partial charge >= 0.3 is 0 Å². The molecule has 0 fully saturated rings. The Bertz CT molecular complexity index is 312. The Morgan fingerprint density at radius 2 is 2.07 bits per heavy atom. The Balaban J connectivity index is 2.73. The average Bonchev–Trinajstić information content (AvgIpc) is 2.11. The summed E-state index contributed by atoms with van der Waals surface area (Å²) >= 11 is 3.17. The van der Waals surface area contributed by atoms with Gasteiger partial charge in [0.05, 0.1) is 4.47 Å². The fourth-order valence-corrected chi connectivity index (χ4v) is 1.65. The van der Waals surface area contributed by atoms with Crippen LogP contribution >= 0.6 is 15.9 Å². The lowest BCUT2D eigenvalue weighted by molar-refractivity contribution is 0.481. The van der Waals surface area contributed by atoms with Crippen LogP contribution in [0, 0.1) is 11.7 Å². The fourth-order valence-electron chi connectivity index (χ4n) is 1.22. The summed E-state index contributed by atoms with van der Waals surface area (Å²) in [6.45, 7) is 4.09. The van der Waals surface area contributed by atoms with Crippen molar-refractivity contribution in [1.29, 1.82) is 0 Å². The van der Waals surface area contributed by atoms with E-state index in [1.165, 1.54) is 6.07 Å². The molecule has 3 heteroatoms. The molecular formula is C11H15BrFN. The van der Waals surface area contributed by atoms with Crippen LogP contribution in [0.1, 0.15) is 19.4 Å². The van der Waals surface area contributed by atoms with Crippen molar-refractivity contribution in [1.82, 2.24) is 0 Å². The lowest BCUT2D eigenvalue weighted by Gasteiger charge is -2.15. The molecule has 2 atom stereocenters. The maximum Gasteiger partial charge on any atom is 0.137 e. The van der Waals surface area contributed by atoms with Crippen molar-refractivity contribution in [2.24, 2.45) is 11.7 Å². The molecule has 0 spiro atoms. The summed E-state index contributed by atoms with van der Waals surface area (Å²) in [7, 11) is 0. The van der Waals surface area contributed by atoms with E-state index in [1.807, 2.05) is 13.0 Å². The van der Waals surface area contributed by atoms with Crippen molar-refractivity contribution >= 4 is 15.9 Å². The second kappa shape index (κ2) is 4.89. The van der Waals surface area contributed by atoms with Crippen LogP contribution in [0.4, 0.5) is 4.39 Å². The van der Waals surface area contributed by atoms with E-state index in [0.29, 0.717) is 10.4 Å². The first-order valence-electron chi connectivity index (χ1n) is 4.70. The van der Waals surface area contributed by atoms with E-state index < -0.39 is 0 Å². The van der Waals surface area contributed by atoms with Gasteiger partial charge in [-0.15, -0.1) is 0 Å². The Kier molecular flexibility index (Phi) is 4.08. The van der Waals surface area contributed by atoms with Crippen molar-refractivity contribution in [3.63, 3.8) is 0 Å². The van der Waals surface area contributed by atoms with E-state index in [-0.39, 0.29) is 11.9 Å². The summed E-state index contributed by atoms with van der Waals surface area (Å²) < 4.78 is 13.4. The van der Waals surface area contributed by atoms with Crippen LogP contribution < -0.4 is 5.73 Å². The molecule has 1 aromatic carbocycles. The monoisotopic (exact) mass is 259 g/mol. The predicted molar refractivity (Wildman–Crippen MR) is 60.6 cm³/mol. The third-order valence-electron chi connectivity index (χ3n) is 2.44. The van der Waals surface area contributed by atoms with Gasteiger partial charge in [-0.3, -0.25) is 0 Å². The minimum absolute atomic E-state index is 0.166. The van der Waals surface area contributed by atoms with E-state index in [1.54, 1.807) is 6.07 Å². The largest absolute Gasteiger partial charge is 0.328 e. The highest BCUT2D eigenvalue weighted by Crippen LogP contribution is 2.19. The molecule has 1 rings (SSSR count). The summed E-state index contributed by atoms with van der Waals surface area (Å²) in [6.07, 6.45) is 0.885. The lowest BCUT2D eigenvalue weighted by atomic mass is 9.96. The molecule has 0 saturated carbocycles. The Labute approximate surface area is 92.6 Å². The molecule has 0 saturated heterocycles. The Morgan fingerprint density at radius 1 is 1.43 bits per heavy atom. The van der Waals surface area contributed by atoms with Gasteiger partial charge in [0.2, 0.25) is 0 Å². The van der Waals surface area contributed by atoms with Gasteiger partial charge in [-0.25, -0.2) is 4.39 Å². The van der Waals surface area contributed by atoms with Crippen molar-refractivity contribution < 1.29 is 4.39 Å². The summed E-state index contributed by atoms with van der Waals surface area (Å²) in [6, 6.07) is 5.26. The highest BCUT2D eigenvalue weighted by atomic mass is 79.9.